The first kappa shape index (κ1) is 8.95. The Bertz CT molecular complexity index is 316. The van der Waals surface area contributed by atoms with Gasteiger partial charge in [0, 0.05) is 0 Å². The Kier molecular flexibility index (Phi) is 3.01. The number of benzene rings is 1. The van der Waals surface area contributed by atoms with Crippen LogP contribution in [0.15, 0.2) is 18.2 Å². The van der Waals surface area contributed by atoms with Crippen LogP contribution in [-0.4, -0.2) is 15.5 Å². The summed E-state index contributed by atoms with van der Waals surface area (Å²) in [6.45, 7) is 0. The fourth-order valence-corrected chi connectivity index (χ4v) is 0.918. The summed E-state index contributed by atoms with van der Waals surface area (Å²) in [6, 6.07) is 4.53. The highest BCUT2D eigenvalue weighted by Gasteiger charge is 2.01. The van der Waals surface area contributed by atoms with Gasteiger partial charge in [-0.05, 0) is 12.1 Å². The Morgan fingerprint density at radius 3 is 2.33 bits per heavy atom. The van der Waals surface area contributed by atoms with Gasteiger partial charge in [-0.3, -0.25) is 0 Å². The minimum atomic E-state index is 0.00319. The average Bonchev–Trinajstić information content (AvgIpc) is 2.04. The molecule has 1 rings (SSSR count). The smallest absolute Gasteiger partial charge is 0.134 e. The van der Waals surface area contributed by atoms with E-state index in [0.29, 0.717) is 5.33 Å². The summed E-state index contributed by atoms with van der Waals surface area (Å²) >= 11 is 3.12. The highest BCUT2D eigenvalue weighted by Crippen LogP contribution is 2.24. The van der Waals surface area contributed by atoms with Crippen LogP contribution in [0.1, 0.15) is 5.56 Å². The molecule has 12 heavy (non-hydrogen) atoms. The van der Waals surface area contributed by atoms with Gasteiger partial charge in [0.1, 0.15) is 17.1 Å². The summed E-state index contributed by atoms with van der Waals surface area (Å²) in [5.74, 6) is 5.33. The van der Waals surface area contributed by atoms with Crippen LogP contribution in [0, 0.1) is 11.8 Å². The van der Waals surface area contributed by atoms with Crippen molar-refractivity contribution in [2.45, 2.75) is 0 Å². The molecule has 0 radical (unpaired) electrons. The van der Waals surface area contributed by atoms with Crippen LogP contribution in [-0.2, 0) is 0 Å². The topological polar surface area (TPSA) is 40.5 Å². The lowest BCUT2D eigenvalue weighted by atomic mass is 10.2. The first-order valence-electron chi connectivity index (χ1n) is 3.31. The lowest BCUT2D eigenvalue weighted by Crippen LogP contribution is -1.77. The lowest BCUT2D eigenvalue weighted by molar-refractivity contribution is 0.448. The van der Waals surface area contributed by atoms with Crippen LogP contribution in [0.4, 0.5) is 0 Å². The van der Waals surface area contributed by atoms with Gasteiger partial charge in [-0.1, -0.05) is 33.8 Å². The molecule has 0 spiro atoms. The molecule has 0 heterocycles. The molecule has 0 amide bonds. The molecule has 0 aromatic heterocycles. The van der Waals surface area contributed by atoms with Crippen molar-refractivity contribution in [1.29, 1.82) is 0 Å². The van der Waals surface area contributed by atoms with Crippen LogP contribution in [0.25, 0.3) is 0 Å². The van der Waals surface area contributed by atoms with E-state index in [4.69, 9.17) is 0 Å². The molecule has 1 aromatic rings. The quantitative estimate of drug-likeness (QED) is 0.524. The van der Waals surface area contributed by atoms with Gasteiger partial charge in [-0.2, -0.15) is 0 Å². The second-order valence-corrected chi connectivity index (χ2v) is 2.67. The molecule has 0 aliphatic heterocycles. The zero-order valence-electron chi connectivity index (χ0n) is 6.21. The van der Waals surface area contributed by atoms with Crippen LogP contribution >= 0.6 is 15.9 Å². The number of rotatable bonds is 0. The molecule has 0 unspecified atom stereocenters. The fourth-order valence-electron chi connectivity index (χ4n) is 0.778. The van der Waals surface area contributed by atoms with E-state index in [1.165, 1.54) is 12.1 Å². The Balaban J connectivity index is 3.13. The first-order valence-corrected chi connectivity index (χ1v) is 4.43. The van der Waals surface area contributed by atoms with E-state index in [9.17, 15) is 10.2 Å². The van der Waals surface area contributed by atoms with E-state index in [0.717, 1.165) is 0 Å². The van der Waals surface area contributed by atoms with Gasteiger partial charge in [-0.15, -0.1) is 0 Å². The number of halogens is 1. The first-order chi connectivity index (χ1) is 5.75. The second-order valence-electron chi connectivity index (χ2n) is 2.11. The molecule has 0 atom stereocenters. The highest BCUT2D eigenvalue weighted by atomic mass is 79.9. The summed E-state index contributed by atoms with van der Waals surface area (Å²) in [6.07, 6.45) is 0. The second kappa shape index (κ2) is 4.03. The number of phenols is 2. The van der Waals surface area contributed by atoms with Crippen LogP contribution in [0.3, 0.4) is 0 Å². The molecular weight excluding hydrogens is 220 g/mol. The summed E-state index contributed by atoms with van der Waals surface area (Å²) in [4.78, 5) is 0. The number of hydrogen-bond donors (Lipinski definition) is 2. The number of alkyl halides is 1. The molecule has 0 saturated heterocycles. The van der Waals surface area contributed by atoms with E-state index in [2.05, 4.69) is 27.8 Å². The maximum Gasteiger partial charge on any atom is 0.134 e. The molecule has 0 aliphatic rings. The monoisotopic (exact) mass is 226 g/mol. The van der Waals surface area contributed by atoms with Crippen molar-refractivity contribution in [2.24, 2.45) is 0 Å². The zero-order chi connectivity index (χ0) is 8.97. The van der Waals surface area contributed by atoms with Crippen LogP contribution < -0.4 is 0 Å². The number of aromatic hydroxyl groups is 2. The molecule has 62 valence electrons. The van der Waals surface area contributed by atoms with Crippen molar-refractivity contribution in [1.82, 2.24) is 0 Å². The summed E-state index contributed by atoms with van der Waals surface area (Å²) in [5.41, 5.74) is 0.275. The number of phenolic OH excluding ortho intramolecular Hbond substituents is 2. The fraction of sp³-hybridized carbons (Fsp3) is 0.111. The van der Waals surface area contributed by atoms with Gasteiger partial charge in [0.25, 0.3) is 0 Å². The van der Waals surface area contributed by atoms with Gasteiger partial charge in [0.2, 0.25) is 0 Å². The van der Waals surface area contributed by atoms with E-state index in [-0.39, 0.29) is 17.1 Å². The van der Waals surface area contributed by atoms with Crippen molar-refractivity contribution in [3.05, 3.63) is 23.8 Å². The maximum absolute atomic E-state index is 9.24. The zero-order valence-corrected chi connectivity index (χ0v) is 7.80. The van der Waals surface area contributed by atoms with Crippen molar-refractivity contribution < 1.29 is 10.2 Å². The minimum absolute atomic E-state index is 0.00319. The largest absolute Gasteiger partial charge is 0.507 e. The predicted octanol–water partition coefficient (Wildman–Crippen LogP) is 1.84. The molecular formula is C9H7BrO2. The minimum Gasteiger partial charge on any atom is -0.507 e. The van der Waals surface area contributed by atoms with Crippen LogP contribution in [0.2, 0.25) is 0 Å². The Labute approximate surface area is 79.0 Å². The SMILES string of the molecule is Oc1cccc(O)c1C#CCBr. The molecule has 3 heteroatoms. The highest BCUT2D eigenvalue weighted by molar-refractivity contribution is 9.09. The average molecular weight is 227 g/mol. The van der Waals surface area contributed by atoms with Gasteiger partial charge >= 0.3 is 0 Å². The Morgan fingerprint density at radius 2 is 1.83 bits per heavy atom. The third-order valence-corrected chi connectivity index (χ3v) is 1.58. The van der Waals surface area contributed by atoms with Crippen molar-refractivity contribution in [2.75, 3.05) is 5.33 Å². The third kappa shape index (κ3) is 1.93. The van der Waals surface area contributed by atoms with E-state index >= 15 is 0 Å². The third-order valence-electron chi connectivity index (χ3n) is 1.30. The molecule has 0 saturated carbocycles. The summed E-state index contributed by atoms with van der Waals surface area (Å²) < 4.78 is 0. The van der Waals surface area contributed by atoms with Crippen molar-refractivity contribution in [3.63, 3.8) is 0 Å². The Hall–Kier alpha value is -1.14. The Morgan fingerprint density at radius 1 is 1.25 bits per heavy atom. The number of hydrogen-bond acceptors (Lipinski definition) is 2. The molecule has 2 nitrogen and oxygen atoms in total. The van der Waals surface area contributed by atoms with Gasteiger partial charge in [-0.25, -0.2) is 0 Å². The standard InChI is InChI=1S/C9H7BrO2/c10-6-2-3-7-8(11)4-1-5-9(7)12/h1,4-5,11-12H,6H2. The normalized spacial score (nSPS) is 8.75. The van der Waals surface area contributed by atoms with Gasteiger partial charge in [0.05, 0.1) is 5.33 Å². The molecule has 0 aliphatic carbocycles. The van der Waals surface area contributed by atoms with E-state index in [1.54, 1.807) is 6.07 Å². The summed E-state index contributed by atoms with van der Waals surface area (Å²) in [5, 5.41) is 19.0. The summed E-state index contributed by atoms with van der Waals surface area (Å²) in [7, 11) is 0. The maximum atomic E-state index is 9.24. The molecule has 2 N–H and O–H groups in total. The van der Waals surface area contributed by atoms with Gasteiger partial charge in [0.15, 0.2) is 0 Å². The van der Waals surface area contributed by atoms with E-state index in [1.807, 2.05) is 0 Å². The lowest BCUT2D eigenvalue weighted by Gasteiger charge is -1.97. The molecule has 0 fully saturated rings. The van der Waals surface area contributed by atoms with Crippen LogP contribution in [0.5, 0.6) is 11.5 Å². The van der Waals surface area contributed by atoms with Gasteiger partial charge < -0.3 is 10.2 Å². The predicted molar refractivity (Wildman–Crippen MR) is 50.4 cm³/mol. The molecule has 1 aromatic carbocycles. The van der Waals surface area contributed by atoms with Crippen molar-refractivity contribution >= 4 is 15.9 Å². The van der Waals surface area contributed by atoms with Crippen molar-refractivity contribution in [3.8, 4) is 23.3 Å². The van der Waals surface area contributed by atoms with E-state index < -0.39 is 0 Å². The molecule has 0 bridgehead atoms.